The summed E-state index contributed by atoms with van der Waals surface area (Å²) in [5.74, 6) is -0.481. The first-order valence-electron chi connectivity index (χ1n) is 5.30. The normalized spacial score (nSPS) is 14.1. The molecule has 0 aromatic rings. The monoisotopic (exact) mass is 215 g/mol. The summed E-state index contributed by atoms with van der Waals surface area (Å²) in [5, 5.41) is 5.02. The molecule has 0 heterocycles. The summed E-state index contributed by atoms with van der Waals surface area (Å²) in [4.78, 5) is 22.6. The number of amides is 2. The van der Waals surface area contributed by atoms with Gasteiger partial charge in [0.1, 0.15) is 6.04 Å². The van der Waals surface area contributed by atoms with Gasteiger partial charge >= 0.3 is 0 Å². The van der Waals surface area contributed by atoms with Gasteiger partial charge in [-0.05, 0) is 13.3 Å². The van der Waals surface area contributed by atoms with Crippen LogP contribution in [0.3, 0.4) is 0 Å². The van der Waals surface area contributed by atoms with Crippen LogP contribution in [-0.2, 0) is 9.59 Å². The molecule has 0 rings (SSSR count). The number of likely N-dealkylation sites (N-methyl/N-ethyl adjacent to an activating group) is 1. The first kappa shape index (κ1) is 13.9. The fourth-order valence-electron chi connectivity index (χ4n) is 1.16. The van der Waals surface area contributed by atoms with Gasteiger partial charge in [0.05, 0.1) is 6.04 Å². The Bertz CT molecular complexity index is 219. The summed E-state index contributed by atoms with van der Waals surface area (Å²) < 4.78 is 0. The Kier molecular flexibility index (Phi) is 6.70. The highest BCUT2D eigenvalue weighted by Crippen LogP contribution is 1.98. The third kappa shape index (κ3) is 5.37. The van der Waals surface area contributed by atoms with Crippen molar-refractivity contribution in [2.75, 3.05) is 7.05 Å². The maximum absolute atomic E-state index is 11.5. The SMILES string of the molecule is CCCCC(N)C(=O)NC(C)C(=O)NC. The van der Waals surface area contributed by atoms with Gasteiger partial charge < -0.3 is 16.4 Å². The van der Waals surface area contributed by atoms with Crippen LogP contribution in [0.15, 0.2) is 0 Å². The second-order valence-electron chi connectivity index (χ2n) is 3.59. The van der Waals surface area contributed by atoms with E-state index in [1.807, 2.05) is 6.92 Å². The fourth-order valence-corrected chi connectivity index (χ4v) is 1.16. The van der Waals surface area contributed by atoms with E-state index in [9.17, 15) is 9.59 Å². The molecule has 0 aliphatic rings. The molecule has 0 saturated carbocycles. The molecule has 0 aromatic heterocycles. The van der Waals surface area contributed by atoms with Crippen LogP contribution < -0.4 is 16.4 Å². The third-order valence-electron chi connectivity index (χ3n) is 2.20. The van der Waals surface area contributed by atoms with E-state index in [4.69, 9.17) is 5.73 Å². The van der Waals surface area contributed by atoms with Crippen LogP contribution >= 0.6 is 0 Å². The van der Waals surface area contributed by atoms with Crippen LogP contribution in [0.4, 0.5) is 0 Å². The van der Waals surface area contributed by atoms with Gasteiger partial charge in [-0.2, -0.15) is 0 Å². The van der Waals surface area contributed by atoms with Gasteiger partial charge in [0, 0.05) is 7.05 Å². The number of rotatable bonds is 6. The van der Waals surface area contributed by atoms with E-state index < -0.39 is 12.1 Å². The number of hydrogen-bond donors (Lipinski definition) is 3. The molecule has 15 heavy (non-hydrogen) atoms. The molecule has 0 aromatic carbocycles. The second-order valence-corrected chi connectivity index (χ2v) is 3.59. The van der Waals surface area contributed by atoms with E-state index in [0.717, 1.165) is 12.8 Å². The predicted molar refractivity (Wildman–Crippen MR) is 59.2 cm³/mol. The van der Waals surface area contributed by atoms with E-state index >= 15 is 0 Å². The minimum Gasteiger partial charge on any atom is -0.357 e. The number of carbonyl (C=O) groups is 2. The molecule has 5 heteroatoms. The predicted octanol–water partition coefficient (Wildman–Crippen LogP) is -0.245. The molecule has 0 aliphatic heterocycles. The Morgan fingerprint density at radius 2 is 1.93 bits per heavy atom. The van der Waals surface area contributed by atoms with Gasteiger partial charge in [-0.25, -0.2) is 0 Å². The first-order chi connectivity index (χ1) is 7.02. The zero-order valence-corrected chi connectivity index (χ0v) is 9.67. The Balaban J connectivity index is 3.95. The van der Waals surface area contributed by atoms with Crippen molar-refractivity contribution in [2.45, 2.75) is 45.2 Å². The Morgan fingerprint density at radius 1 is 1.33 bits per heavy atom. The summed E-state index contributed by atoms with van der Waals surface area (Å²) in [6, 6.07) is -1.05. The maximum Gasteiger partial charge on any atom is 0.242 e. The van der Waals surface area contributed by atoms with Crippen LogP contribution in [0.25, 0.3) is 0 Å². The minimum absolute atomic E-state index is 0.217. The lowest BCUT2D eigenvalue weighted by molar-refractivity contribution is -0.129. The Hall–Kier alpha value is -1.10. The molecule has 88 valence electrons. The van der Waals surface area contributed by atoms with Gasteiger partial charge in [0.25, 0.3) is 0 Å². The molecular formula is C10H21N3O2. The van der Waals surface area contributed by atoms with Crippen LogP contribution in [0.1, 0.15) is 33.1 Å². The molecule has 0 radical (unpaired) electrons. The molecule has 2 amide bonds. The number of carbonyl (C=O) groups excluding carboxylic acids is 2. The summed E-state index contributed by atoms with van der Waals surface area (Å²) in [5.41, 5.74) is 5.65. The van der Waals surface area contributed by atoms with E-state index in [2.05, 4.69) is 10.6 Å². The summed E-state index contributed by atoms with van der Waals surface area (Å²) in [6.45, 7) is 3.67. The van der Waals surface area contributed by atoms with Crippen LogP contribution in [-0.4, -0.2) is 30.9 Å². The van der Waals surface area contributed by atoms with Crippen LogP contribution in [0.2, 0.25) is 0 Å². The third-order valence-corrected chi connectivity index (χ3v) is 2.20. The van der Waals surface area contributed by atoms with Crippen molar-refractivity contribution in [3.05, 3.63) is 0 Å². The first-order valence-corrected chi connectivity index (χ1v) is 5.30. The highest BCUT2D eigenvalue weighted by Gasteiger charge is 2.18. The van der Waals surface area contributed by atoms with Gasteiger partial charge in [-0.3, -0.25) is 9.59 Å². The van der Waals surface area contributed by atoms with E-state index in [1.54, 1.807) is 6.92 Å². The Morgan fingerprint density at radius 3 is 2.40 bits per heavy atom. The highest BCUT2D eigenvalue weighted by molar-refractivity contribution is 5.89. The number of nitrogens with two attached hydrogens (primary N) is 1. The molecule has 0 aliphatic carbocycles. The van der Waals surface area contributed by atoms with E-state index in [0.29, 0.717) is 6.42 Å². The van der Waals surface area contributed by atoms with Gasteiger partial charge in [0.15, 0.2) is 0 Å². The molecule has 0 fully saturated rings. The van der Waals surface area contributed by atoms with Gasteiger partial charge in [-0.15, -0.1) is 0 Å². The molecule has 0 saturated heterocycles. The van der Waals surface area contributed by atoms with Crippen LogP contribution in [0.5, 0.6) is 0 Å². The summed E-state index contributed by atoms with van der Waals surface area (Å²) in [6.07, 6.45) is 2.58. The summed E-state index contributed by atoms with van der Waals surface area (Å²) >= 11 is 0. The molecule has 2 unspecified atom stereocenters. The standard InChI is InChI=1S/C10H21N3O2/c1-4-5-6-8(11)10(15)13-7(2)9(14)12-3/h7-8H,4-6,11H2,1-3H3,(H,12,14)(H,13,15). The van der Waals surface area contributed by atoms with Crippen molar-refractivity contribution in [3.8, 4) is 0 Å². The lowest BCUT2D eigenvalue weighted by Gasteiger charge is -2.16. The van der Waals surface area contributed by atoms with Crippen molar-refractivity contribution in [1.29, 1.82) is 0 Å². The molecule has 2 atom stereocenters. The smallest absolute Gasteiger partial charge is 0.242 e. The average molecular weight is 215 g/mol. The van der Waals surface area contributed by atoms with Crippen molar-refractivity contribution >= 4 is 11.8 Å². The van der Waals surface area contributed by atoms with E-state index in [-0.39, 0.29) is 11.8 Å². The van der Waals surface area contributed by atoms with Crippen molar-refractivity contribution in [1.82, 2.24) is 10.6 Å². The fraction of sp³-hybridized carbons (Fsp3) is 0.800. The quantitative estimate of drug-likeness (QED) is 0.571. The largest absolute Gasteiger partial charge is 0.357 e. The lowest BCUT2D eigenvalue weighted by Crippen LogP contribution is -2.49. The van der Waals surface area contributed by atoms with Gasteiger partial charge in [0.2, 0.25) is 11.8 Å². The van der Waals surface area contributed by atoms with E-state index in [1.165, 1.54) is 7.05 Å². The Labute approximate surface area is 90.8 Å². The zero-order valence-electron chi connectivity index (χ0n) is 9.67. The molecule has 0 spiro atoms. The minimum atomic E-state index is -0.532. The zero-order chi connectivity index (χ0) is 11.8. The summed E-state index contributed by atoms with van der Waals surface area (Å²) in [7, 11) is 1.53. The maximum atomic E-state index is 11.5. The number of nitrogens with one attached hydrogen (secondary N) is 2. The van der Waals surface area contributed by atoms with Crippen molar-refractivity contribution in [3.63, 3.8) is 0 Å². The lowest BCUT2D eigenvalue weighted by atomic mass is 10.1. The average Bonchev–Trinajstić information content (AvgIpc) is 2.24. The molecule has 0 bridgehead atoms. The molecule has 5 nitrogen and oxygen atoms in total. The molecule has 4 N–H and O–H groups in total. The van der Waals surface area contributed by atoms with Crippen LogP contribution in [0, 0.1) is 0 Å². The van der Waals surface area contributed by atoms with Crippen molar-refractivity contribution < 1.29 is 9.59 Å². The van der Waals surface area contributed by atoms with Gasteiger partial charge in [-0.1, -0.05) is 19.8 Å². The highest BCUT2D eigenvalue weighted by atomic mass is 16.2. The number of hydrogen-bond acceptors (Lipinski definition) is 3. The topological polar surface area (TPSA) is 84.2 Å². The van der Waals surface area contributed by atoms with Crippen molar-refractivity contribution in [2.24, 2.45) is 5.73 Å². The molecular weight excluding hydrogens is 194 g/mol. The second kappa shape index (κ2) is 7.23. The number of unbranched alkanes of at least 4 members (excludes halogenated alkanes) is 1.